The average Bonchev–Trinajstić information content (AvgIpc) is 2.62. The van der Waals surface area contributed by atoms with Gasteiger partial charge in [-0.25, -0.2) is 8.42 Å². The summed E-state index contributed by atoms with van der Waals surface area (Å²) in [4.78, 5) is 23.4. The summed E-state index contributed by atoms with van der Waals surface area (Å²) in [5.74, 6) is -3.32. The molecule has 2 rings (SSSR count). The number of sulfone groups is 1. The van der Waals surface area contributed by atoms with Crippen LogP contribution in [0.4, 0.5) is 5.69 Å². The third kappa shape index (κ3) is 5.63. The van der Waals surface area contributed by atoms with Gasteiger partial charge in [-0.3, -0.25) is 9.59 Å². The molecule has 2 aromatic carbocycles. The zero-order chi connectivity index (χ0) is 20.2. The van der Waals surface area contributed by atoms with Gasteiger partial charge in [-0.2, -0.15) is 13.5 Å². The first-order valence-corrected chi connectivity index (χ1v) is 9.88. The molecule has 0 aliphatic heterocycles. The Morgan fingerprint density at radius 3 is 2.43 bits per heavy atom. The van der Waals surface area contributed by atoms with Gasteiger partial charge in [-0.05, 0) is 30.3 Å². The molecule has 1 atom stereocenters. The number of benzene rings is 2. The molecule has 0 unspecified atom stereocenters. The molecule has 2 N–H and O–H groups in total. The summed E-state index contributed by atoms with van der Waals surface area (Å²) in [5.41, 5.74) is 0.348. The van der Waals surface area contributed by atoms with Crippen molar-refractivity contribution >= 4 is 52.5 Å². The number of methoxy groups -OCH3 is 1. The molecule has 0 aromatic heterocycles. The topological polar surface area (TPSA) is 110 Å². The molecule has 0 aliphatic rings. The first-order chi connectivity index (χ1) is 12.7. The maximum absolute atomic E-state index is 12.6. The number of ether oxygens (including phenoxy) is 1. The van der Waals surface area contributed by atoms with Crippen molar-refractivity contribution < 1.29 is 27.9 Å². The van der Waals surface area contributed by atoms with Gasteiger partial charge in [-0.15, -0.1) is 0 Å². The number of carboxylic acids is 1. The number of carbonyl (C=O) groups is 2. The number of rotatable bonds is 7. The predicted octanol–water partition coefficient (Wildman–Crippen LogP) is 3.21. The number of amides is 1. The van der Waals surface area contributed by atoms with Gasteiger partial charge < -0.3 is 15.2 Å². The summed E-state index contributed by atoms with van der Waals surface area (Å²) in [5, 5.41) is 11.9. The first kappa shape index (κ1) is 23.8. The first-order valence-electron chi connectivity index (χ1n) is 7.85. The Kier molecular flexibility index (Phi) is 8.34. The van der Waals surface area contributed by atoms with Gasteiger partial charge in [0.2, 0.25) is 0 Å². The third-order valence-electron chi connectivity index (χ3n) is 3.79. The van der Waals surface area contributed by atoms with Gasteiger partial charge in [0, 0.05) is 0 Å². The summed E-state index contributed by atoms with van der Waals surface area (Å²) in [6, 6.07) is 10.4. The molecule has 0 radical (unpaired) electrons. The predicted molar refractivity (Wildman–Crippen MR) is 112 cm³/mol. The van der Waals surface area contributed by atoms with Crippen molar-refractivity contribution in [1.82, 2.24) is 0 Å². The molecule has 0 spiro atoms. The minimum Gasteiger partial charge on any atom is -0.496 e. The van der Waals surface area contributed by atoms with Gasteiger partial charge in [0.25, 0.3) is 5.91 Å². The van der Waals surface area contributed by atoms with Crippen LogP contribution in [0, 0.1) is 5.92 Å². The fourth-order valence-electron chi connectivity index (χ4n) is 2.31. The van der Waals surface area contributed by atoms with Crippen LogP contribution in [0.15, 0.2) is 47.4 Å². The molecule has 152 valence electrons. The Bertz CT molecular complexity index is 978. The van der Waals surface area contributed by atoms with E-state index in [1.54, 1.807) is 24.3 Å². The lowest BCUT2D eigenvalue weighted by atomic mass is 10.2. The highest BCUT2D eigenvalue weighted by Crippen LogP contribution is 2.27. The van der Waals surface area contributed by atoms with E-state index in [1.165, 1.54) is 26.2 Å². The number of hydrogen-bond donors (Lipinski definition) is 2. The monoisotopic (exact) mass is 445 g/mol. The lowest BCUT2D eigenvalue weighted by Crippen LogP contribution is -2.21. The quantitative estimate of drug-likeness (QED) is 0.677. The van der Waals surface area contributed by atoms with Gasteiger partial charge in [0.15, 0.2) is 9.84 Å². The SMILES string of the molecule is COc1ccc(S(=O)(=O)C[C@@H](C)C(=O)O)cc1C(=O)Nc1ccccc1Cl.S. The summed E-state index contributed by atoms with van der Waals surface area (Å²) < 4.78 is 30.1. The fourth-order valence-corrected chi connectivity index (χ4v) is 4.06. The molecule has 1 amide bonds. The van der Waals surface area contributed by atoms with Gasteiger partial charge in [0.05, 0.1) is 39.9 Å². The normalized spacial score (nSPS) is 11.8. The number of hydrogen-bond acceptors (Lipinski definition) is 5. The number of para-hydroxylation sites is 1. The van der Waals surface area contributed by atoms with Crippen LogP contribution in [0.25, 0.3) is 0 Å². The van der Waals surface area contributed by atoms with E-state index in [-0.39, 0.29) is 29.7 Å². The summed E-state index contributed by atoms with van der Waals surface area (Å²) >= 11 is 6.02. The van der Waals surface area contributed by atoms with E-state index < -0.39 is 33.4 Å². The van der Waals surface area contributed by atoms with E-state index in [1.807, 2.05) is 0 Å². The summed E-state index contributed by atoms with van der Waals surface area (Å²) in [6.07, 6.45) is 0. The Hall–Kier alpha value is -2.23. The second-order valence-electron chi connectivity index (χ2n) is 5.82. The second kappa shape index (κ2) is 9.81. The van der Waals surface area contributed by atoms with Gasteiger partial charge in [-0.1, -0.05) is 30.7 Å². The lowest BCUT2D eigenvalue weighted by Gasteiger charge is -2.13. The summed E-state index contributed by atoms with van der Waals surface area (Å²) in [7, 11) is -2.56. The van der Waals surface area contributed by atoms with Crippen LogP contribution >= 0.6 is 25.1 Å². The minimum absolute atomic E-state index is 0. The second-order valence-corrected chi connectivity index (χ2v) is 8.26. The Labute approximate surface area is 175 Å². The third-order valence-corrected chi connectivity index (χ3v) is 6.03. The van der Waals surface area contributed by atoms with E-state index in [0.29, 0.717) is 10.7 Å². The van der Waals surface area contributed by atoms with Crippen molar-refractivity contribution in [2.75, 3.05) is 18.2 Å². The van der Waals surface area contributed by atoms with E-state index in [0.717, 1.165) is 6.07 Å². The maximum atomic E-state index is 12.6. The highest BCUT2D eigenvalue weighted by atomic mass is 35.5. The van der Waals surface area contributed by atoms with Crippen LogP contribution < -0.4 is 10.1 Å². The van der Waals surface area contributed by atoms with E-state index in [9.17, 15) is 18.0 Å². The van der Waals surface area contributed by atoms with E-state index in [4.69, 9.17) is 21.4 Å². The maximum Gasteiger partial charge on any atom is 0.307 e. The molecular weight excluding hydrogens is 426 g/mol. The van der Waals surface area contributed by atoms with Crippen molar-refractivity contribution in [2.45, 2.75) is 11.8 Å². The molecule has 0 fully saturated rings. The van der Waals surface area contributed by atoms with Crippen LogP contribution in [0.2, 0.25) is 5.02 Å². The molecule has 0 heterocycles. The lowest BCUT2D eigenvalue weighted by molar-refractivity contribution is -0.140. The number of nitrogens with one attached hydrogen (secondary N) is 1. The number of carbonyl (C=O) groups excluding carboxylic acids is 1. The average molecular weight is 446 g/mol. The summed E-state index contributed by atoms with van der Waals surface area (Å²) in [6.45, 7) is 1.30. The molecular formula is C18H20ClNO6S2. The molecule has 0 saturated heterocycles. The molecule has 0 saturated carbocycles. The largest absolute Gasteiger partial charge is 0.496 e. The molecule has 2 aromatic rings. The van der Waals surface area contributed by atoms with Crippen LogP contribution in [0.3, 0.4) is 0 Å². The Balaban J connectivity index is 0.00000392. The van der Waals surface area contributed by atoms with Crippen molar-refractivity contribution in [3.8, 4) is 5.75 Å². The number of aliphatic carboxylic acids is 1. The van der Waals surface area contributed by atoms with E-state index >= 15 is 0 Å². The molecule has 28 heavy (non-hydrogen) atoms. The smallest absolute Gasteiger partial charge is 0.307 e. The van der Waals surface area contributed by atoms with Crippen molar-refractivity contribution in [2.24, 2.45) is 5.92 Å². The zero-order valence-electron chi connectivity index (χ0n) is 15.1. The number of carboxylic acid groups (broad SMARTS) is 1. The number of anilines is 1. The van der Waals surface area contributed by atoms with Gasteiger partial charge in [0.1, 0.15) is 5.75 Å². The van der Waals surface area contributed by atoms with Crippen molar-refractivity contribution in [3.05, 3.63) is 53.1 Å². The van der Waals surface area contributed by atoms with Crippen LogP contribution in [0.1, 0.15) is 17.3 Å². The Morgan fingerprint density at radius 2 is 1.86 bits per heavy atom. The minimum atomic E-state index is -3.91. The zero-order valence-corrected chi connectivity index (χ0v) is 17.7. The molecule has 0 bridgehead atoms. The fraction of sp³-hybridized carbons (Fsp3) is 0.222. The molecule has 10 heteroatoms. The van der Waals surface area contributed by atoms with Crippen molar-refractivity contribution in [3.63, 3.8) is 0 Å². The highest BCUT2D eigenvalue weighted by Gasteiger charge is 2.25. The Morgan fingerprint density at radius 1 is 1.21 bits per heavy atom. The molecule has 0 aliphatic carbocycles. The van der Waals surface area contributed by atoms with E-state index in [2.05, 4.69) is 5.32 Å². The van der Waals surface area contributed by atoms with Crippen LogP contribution in [0.5, 0.6) is 5.75 Å². The van der Waals surface area contributed by atoms with Crippen LogP contribution in [-0.4, -0.2) is 38.3 Å². The van der Waals surface area contributed by atoms with Crippen molar-refractivity contribution in [1.29, 1.82) is 0 Å². The standard InChI is InChI=1S/C18H18ClNO6S.H2S/c1-11(18(22)23)10-27(24,25)12-7-8-16(26-2)13(9-12)17(21)20-15-6-4-3-5-14(15)19;/h3-9,11H,10H2,1-2H3,(H,20,21)(H,22,23);1H2/t11-;/m1./s1. The number of halogens is 1. The van der Waals surface area contributed by atoms with Gasteiger partial charge >= 0.3 is 5.97 Å². The molecule has 7 nitrogen and oxygen atoms in total. The highest BCUT2D eigenvalue weighted by molar-refractivity contribution is 7.91. The van der Waals surface area contributed by atoms with Crippen LogP contribution in [-0.2, 0) is 14.6 Å².